The van der Waals surface area contributed by atoms with Crippen LogP contribution < -0.4 is 5.56 Å². The van der Waals surface area contributed by atoms with E-state index in [0.717, 1.165) is 12.8 Å². The molecule has 2 aromatic heterocycles. The Kier molecular flexibility index (Phi) is 3.72. The fourth-order valence-corrected chi connectivity index (χ4v) is 5.72. The lowest BCUT2D eigenvalue weighted by Crippen LogP contribution is -2.45. The Bertz CT molecular complexity index is 958. The van der Waals surface area contributed by atoms with Crippen LogP contribution in [0.4, 0.5) is 0 Å². The quantitative estimate of drug-likeness (QED) is 0.791. The van der Waals surface area contributed by atoms with Crippen LogP contribution >= 0.6 is 11.3 Å². The summed E-state index contributed by atoms with van der Waals surface area (Å²) in [5, 5.41) is 2.31. The maximum absolute atomic E-state index is 12.8. The lowest BCUT2D eigenvalue weighted by molar-refractivity contribution is -0.134. The van der Waals surface area contributed by atoms with Gasteiger partial charge in [0.25, 0.3) is 5.56 Å². The van der Waals surface area contributed by atoms with Crippen molar-refractivity contribution in [2.24, 2.45) is 0 Å². The van der Waals surface area contributed by atoms with E-state index in [1.165, 1.54) is 22.2 Å². The highest BCUT2D eigenvalue weighted by molar-refractivity contribution is 7.91. The van der Waals surface area contributed by atoms with Crippen LogP contribution in [0.1, 0.15) is 19.3 Å². The first-order chi connectivity index (χ1) is 11.4. The molecule has 9 heteroatoms. The number of thiophene rings is 1. The number of carbonyl (C=O) groups is 1. The molecule has 1 amide bonds. The van der Waals surface area contributed by atoms with Crippen LogP contribution in [0.5, 0.6) is 0 Å². The maximum Gasteiger partial charge on any atom is 0.262 e. The number of carbonyl (C=O) groups excluding carboxylic acids is 1. The van der Waals surface area contributed by atoms with Crippen LogP contribution in [0.3, 0.4) is 0 Å². The minimum Gasteiger partial charge on any atom is -0.334 e. The molecule has 2 aromatic rings. The van der Waals surface area contributed by atoms with Crippen molar-refractivity contribution < 1.29 is 13.2 Å². The van der Waals surface area contributed by atoms with Crippen molar-refractivity contribution in [2.75, 3.05) is 11.5 Å². The number of fused-ring (bicyclic) bond motifs is 1. The van der Waals surface area contributed by atoms with Crippen molar-refractivity contribution >= 4 is 37.3 Å². The van der Waals surface area contributed by atoms with Gasteiger partial charge in [-0.2, -0.15) is 0 Å². The lowest BCUT2D eigenvalue weighted by atomic mass is 10.2. The van der Waals surface area contributed by atoms with Gasteiger partial charge in [0.2, 0.25) is 5.91 Å². The zero-order valence-electron chi connectivity index (χ0n) is 12.9. The normalized spacial score (nSPS) is 22.8. The molecule has 0 bridgehead atoms. The molecule has 0 unspecified atom stereocenters. The summed E-state index contributed by atoms with van der Waals surface area (Å²) in [5.74, 6) is -0.0271. The van der Waals surface area contributed by atoms with Gasteiger partial charge in [-0.05, 0) is 30.7 Å². The summed E-state index contributed by atoms with van der Waals surface area (Å²) >= 11 is 1.38. The van der Waals surface area contributed by atoms with Crippen molar-refractivity contribution in [1.29, 1.82) is 0 Å². The van der Waals surface area contributed by atoms with Crippen LogP contribution in [-0.4, -0.2) is 52.4 Å². The van der Waals surface area contributed by atoms with E-state index in [9.17, 15) is 18.0 Å². The topological polar surface area (TPSA) is 89.3 Å². The number of sulfone groups is 1. The summed E-state index contributed by atoms with van der Waals surface area (Å²) in [6.45, 7) is -0.0926. The third-order valence-electron chi connectivity index (χ3n) is 4.59. The van der Waals surface area contributed by atoms with Gasteiger partial charge < -0.3 is 4.90 Å². The molecular formula is C15H17N3O4S2. The maximum atomic E-state index is 12.8. The second kappa shape index (κ2) is 5.66. The number of hydrogen-bond acceptors (Lipinski definition) is 6. The first-order valence-corrected chi connectivity index (χ1v) is 10.6. The first-order valence-electron chi connectivity index (χ1n) is 7.89. The molecule has 4 rings (SSSR count). The number of hydrogen-bond donors (Lipinski definition) is 0. The standard InChI is InChI=1S/C15H17N3O4S2/c19-13(7-17-9-16-14-12(15(17)20)3-5-23-14)18(10-1-2-10)11-4-6-24(21,22)8-11/h3,5,9-11H,1-2,4,6-8H2/t11-/m0/s1. The largest absolute Gasteiger partial charge is 0.334 e. The molecule has 1 saturated heterocycles. The van der Waals surface area contributed by atoms with E-state index in [2.05, 4.69) is 4.98 Å². The van der Waals surface area contributed by atoms with Crippen LogP contribution in [0.15, 0.2) is 22.6 Å². The fraction of sp³-hybridized carbons (Fsp3) is 0.533. The highest BCUT2D eigenvalue weighted by atomic mass is 32.2. The zero-order valence-corrected chi connectivity index (χ0v) is 14.6. The highest BCUT2D eigenvalue weighted by Gasteiger charge is 2.42. The SMILES string of the molecule is O=C(Cn1cnc2sccc2c1=O)N(C1CC1)[C@H]1CCS(=O)(=O)C1. The number of aromatic nitrogens is 2. The molecule has 0 aromatic carbocycles. The van der Waals surface area contributed by atoms with Crippen molar-refractivity contribution in [3.63, 3.8) is 0 Å². The van der Waals surface area contributed by atoms with Crippen LogP contribution in [0.2, 0.25) is 0 Å². The second-order valence-corrected chi connectivity index (χ2v) is 9.53. The number of amides is 1. The summed E-state index contributed by atoms with van der Waals surface area (Å²) in [6, 6.07) is 1.56. The molecule has 2 aliphatic rings. The average Bonchev–Trinajstić information content (AvgIpc) is 3.11. The second-order valence-electron chi connectivity index (χ2n) is 6.41. The van der Waals surface area contributed by atoms with E-state index >= 15 is 0 Å². The van der Waals surface area contributed by atoms with Crippen LogP contribution in [-0.2, 0) is 21.2 Å². The van der Waals surface area contributed by atoms with Gasteiger partial charge in [0.05, 0.1) is 23.2 Å². The summed E-state index contributed by atoms with van der Waals surface area (Å²) in [7, 11) is -3.06. The van der Waals surface area contributed by atoms with Gasteiger partial charge in [-0.1, -0.05) is 0 Å². The van der Waals surface area contributed by atoms with Gasteiger partial charge in [0.1, 0.15) is 11.4 Å². The summed E-state index contributed by atoms with van der Waals surface area (Å²) in [5.41, 5.74) is -0.232. The smallest absolute Gasteiger partial charge is 0.262 e. The Morgan fingerprint density at radius 2 is 2.12 bits per heavy atom. The third-order valence-corrected chi connectivity index (χ3v) is 7.16. The van der Waals surface area contributed by atoms with E-state index in [1.807, 2.05) is 0 Å². The van der Waals surface area contributed by atoms with E-state index in [-0.39, 0.29) is 41.6 Å². The predicted octanol–water partition coefficient (Wildman–Crippen LogP) is 0.636. The molecule has 3 heterocycles. The van der Waals surface area contributed by atoms with Gasteiger partial charge >= 0.3 is 0 Å². The Balaban J connectivity index is 1.59. The van der Waals surface area contributed by atoms with Crippen molar-refractivity contribution in [3.8, 4) is 0 Å². The van der Waals surface area contributed by atoms with Crippen LogP contribution in [0, 0.1) is 0 Å². The molecule has 0 radical (unpaired) electrons. The molecule has 1 aliphatic carbocycles. The minimum absolute atomic E-state index is 0.0337. The molecular weight excluding hydrogens is 350 g/mol. The third kappa shape index (κ3) is 2.86. The summed E-state index contributed by atoms with van der Waals surface area (Å²) in [4.78, 5) is 31.8. The summed E-state index contributed by atoms with van der Waals surface area (Å²) < 4.78 is 24.8. The molecule has 1 aliphatic heterocycles. The predicted molar refractivity (Wildman–Crippen MR) is 90.8 cm³/mol. The van der Waals surface area contributed by atoms with Gasteiger partial charge in [-0.15, -0.1) is 11.3 Å². The van der Waals surface area contributed by atoms with E-state index in [4.69, 9.17) is 0 Å². The summed E-state index contributed by atoms with van der Waals surface area (Å²) in [6.07, 6.45) is 3.69. The highest BCUT2D eigenvalue weighted by Crippen LogP contribution is 2.32. The molecule has 1 atom stereocenters. The molecule has 128 valence electrons. The number of rotatable bonds is 4. The molecule has 24 heavy (non-hydrogen) atoms. The molecule has 0 N–H and O–H groups in total. The lowest BCUT2D eigenvalue weighted by Gasteiger charge is -2.28. The molecule has 7 nitrogen and oxygen atoms in total. The van der Waals surface area contributed by atoms with Crippen molar-refractivity contribution in [1.82, 2.24) is 14.5 Å². The average molecular weight is 367 g/mol. The van der Waals surface area contributed by atoms with Crippen molar-refractivity contribution in [3.05, 3.63) is 28.1 Å². The number of nitrogens with zero attached hydrogens (tertiary/aromatic N) is 3. The Hall–Kier alpha value is -1.74. The van der Waals surface area contributed by atoms with Gasteiger partial charge in [-0.25, -0.2) is 13.4 Å². The van der Waals surface area contributed by atoms with Gasteiger partial charge in [-0.3, -0.25) is 14.2 Å². The van der Waals surface area contributed by atoms with Gasteiger partial charge in [0, 0.05) is 12.1 Å². The Labute approximate surface area is 142 Å². The van der Waals surface area contributed by atoms with E-state index < -0.39 is 9.84 Å². The fourth-order valence-electron chi connectivity index (χ4n) is 3.29. The van der Waals surface area contributed by atoms with Gasteiger partial charge in [0.15, 0.2) is 9.84 Å². The van der Waals surface area contributed by atoms with E-state index in [1.54, 1.807) is 16.3 Å². The zero-order chi connectivity index (χ0) is 16.9. The molecule has 0 spiro atoms. The Morgan fingerprint density at radius 3 is 2.79 bits per heavy atom. The molecule has 1 saturated carbocycles. The molecule has 2 fully saturated rings. The minimum atomic E-state index is -3.06. The van der Waals surface area contributed by atoms with Crippen LogP contribution in [0.25, 0.3) is 10.2 Å². The first kappa shape index (κ1) is 15.8. The monoisotopic (exact) mass is 367 g/mol. The van der Waals surface area contributed by atoms with E-state index in [0.29, 0.717) is 16.6 Å². The Morgan fingerprint density at radius 1 is 1.33 bits per heavy atom. The van der Waals surface area contributed by atoms with Crippen molar-refractivity contribution in [2.45, 2.75) is 37.9 Å².